The van der Waals surface area contributed by atoms with Crippen molar-refractivity contribution in [2.45, 2.75) is 0 Å². The Bertz CT molecular complexity index is 659. The monoisotopic (exact) mass is 268 g/mol. The number of hydrogen-bond acceptors (Lipinski definition) is 4. The summed E-state index contributed by atoms with van der Waals surface area (Å²) < 4.78 is 4.41. The third-order valence-electron chi connectivity index (χ3n) is 2.82. The van der Waals surface area contributed by atoms with Gasteiger partial charge in [-0.3, -0.25) is 9.59 Å². The summed E-state index contributed by atoms with van der Waals surface area (Å²) in [6.07, 6.45) is 0. The zero-order chi connectivity index (χ0) is 14.5. The van der Waals surface area contributed by atoms with Crippen molar-refractivity contribution in [3.63, 3.8) is 0 Å². The van der Waals surface area contributed by atoms with Crippen molar-refractivity contribution in [2.24, 2.45) is 0 Å². The van der Waals surface area contributed by atoms with Gasteiger partial charge in [0.05, 0.1) is 7.11 Å². The minimum absolute atomic E-state index is 0.0493. The Morgan fingerprint density at radius 3 is 1.95 bits per heavy atom. The summed E-state index contributed by atoms with van der Waals surface area (Å²) in [4.78, 5) is 35.6. The Labute approximate surface area is 116 Å². The van der Waals surface area contributed by atoms with Crippen LogP contribution < -0.4 is 0 Å². The summed E-state index contributed by atoms with van der Waals surface area (Å²) in [5, 5.41) is 0. The van der Waals surface area contributed by atoms with E-state index in [1.54, 1.807) is 42.5 Å². The second-order valence-corrected chi connectivity index (χ2v) is 4.06. The predicted molar refractivity (Wildman–Crippen MR) is 72.7 cm³/mol. The molecule has 0 fully saturated rings. The van der Waals surface area contributed by atoms with Gasteiger partial charge in [0, 0.05) is 16.7 Å². The first-order chi connectivity index (χ1) is 9.65. The Morgan fingerprint density at radius 1 is 0.800 bits per heavy atom. The highest BCUT2D eigenvalue weighted by Crippen LogP contribution is 2.15. The van der Waals surface area contributed by atoms with Crippen LogP contribution in [0.1, 0.15) is 26.3 Å². The zero-order valence-electron chi connectivity index (χ0n) is 10.8. The van der Waals surface area contributed by atoms with Gasteiger partial charge in [-0.1, -0.05) is 54.6 Å². The summed E-state index contributed by atoms with van der Waals surface area (Å²) in [5.41, 5.74) is 0.694. The number of rotatable bonds is 4. The molecule has 0 aromatic heterocycles. The van der Waals surface area contributed by atoms with Gasteiger partial charge < -0.3 is 4.74 Å². The van der Waals surface area contributed by atoms with Crippen LogP contribution in [0.3, 0.4) is 0 Å². The van der Waals surface area contributed by atoms with E-state index in [1.807, 2.05) is 0 Å². The van der Waals surface area contributed by atoms with Crippen LogP contribution in [0.5, 0.6) is 0 Å². The normalized spacial score (nSPS) is 9.85. The van der Waals surface area contributed by atoms with E-state index >= 15 is 0 Å². The minimum Gasteiger partial charge on any atom is -0.463 e. The highest BCUT2D eigenvalue weighted by atomic mass is 16.5. The van der Waals surface area contributed by atoms with Crippen molar-refractivity contribution in [3.8, 4) is 0 Å². The van der Waals surface area contributed by atoms with Gasteiger partial charge in [-0.25, -0.2) is 4.79 Å². The van der Waals surface area contributed by atoms with Gasteiger partial charge in [0.1, 0.15) is 0 Å². The molecule has 0 heterocycles. The molecule has 0 bridgehead atoms. The van der Waals surface area contributed by atoms with E-state index in [0.717, 1.165) is 7.11 Å². The van der Waals surface area contributed by atoms with E-state index < -0.39 is 11.8 Å². The fourth-order valence-corrected chi connectivity index (χ4v) is 1.83. The molecule has 0 saturated carbocycles. The van der Waals surface area contributed by atoms with E-state index in [-0.39, 0.29) is 16.9 Å². The van der Waals surface area contributed by atoms with Crippen molar-refractivity contribution in [2.75, 3.05) is 7.11 Å². The van der Waals surface area contributed by atoms with Crippen LogP contribution in [0, 0.1) is 0 Å². The van der Waals surface area contributed by atoms with Crippen molar-refractivity contribution in [3.05, 3.63) is 71.3 Å². The maximum Gasteiger partial charge on any atom is 0.379 e. The van der Waals surface area contributed by atoms with Crippen LogP contribution >= 0.6 is 0 Å². The lowest BCUT2D eigenvalue weighted by Crippen LogP contribution is -2.19. The summed E-state index contributed by atoms with van der Waals surface area (Å²) in [6, 6.07) is 14.8. The number of carbonyl (C=O) groups excluding carboxylic acids is 3. The molecule has 0 aliphatic carbocycles. The molecule has 4 heteroatoms. The molecule has 0 aliphatic rings. The molecule has 0 aliphatic heterocycles. The molecule has 2 aromatic carbocycles. The molecule has 4 nitrogen and oxygen atoms in total. The van der Waals surface area contributed by atoms with Crippen LogP contribution in [0.15, 0.2) is 54.6 Å². The lowest BCUT2D eigenvalue weighted by atomic mass is 9.96. The van der Waals surface area contributed by atoms with Gasteiger partial charge in [0.2, 0.25) is 0 Å². The van der Waals surface area contributed by atoms with Crippen LogP contribution in [0.25, 0.3) is 0 Å². The Morgan fingerprint density at radius 2 is 1.35 bits per heavy atom. The lowest BCUT2D eigenvalue weighted by Gasteiger charge is -2.06. The molecule has 0 radical (unpaired) electrons. The quantitative estimate of drug-likeness (QED) is 0.485. The fourth-order valence-electron chi connectivity index (χ4n) is 1.83. The van der Waals surface area contributed by atoms with Gasteiger partial charge in [-0.05, 0) is 0 Å². The van der Waals surface area contributed by atoms with Crippen molar-refractivity contribution in [1.29, 1.82) is 0 Å². The van der Waals surface area contributed by atoms with Crippen molar-refractivity contribution in [1.82, 2.24) is 0 Å². The molecule has 2 rings (SSSR count). The molecular weight excluding hydrogens is 256 g/mol. The van der Waals surface area contributed by atoms with Gasteiger partial charge >= 0.3 is 5.97 Å². The first-order valence-electron chi connectivity index (χ1n) is 5.96. The minimum atomic E-state index is -0.988. The number of Topliss-reactive ketones (excluding diaryl/α,β-unsaturated/α-hetero) is 1. The standard InChI is InChI=1S/C16H12O4/c1-20-16(19)15(18)13-10-6-5-9-12(13)14(17)11-7-3-2-4-8-11/h2-10H,1H3. The number of esters is 1. The lowest BCUT2D eigenvalue weighted by molar-refractivity contribution is -0.135. The van der Waals surface area contributed by atoms with E-state index in [2.05, 4.69) is 4.74 Å². The van der Waals surface area contributed by atoms with Crippen molar-refractivity contribution >= 4 is 17.5 Å². The van der Waals surface area contributed by atoms with E-state index in [0.29, 0.717) is 5.56 Å². The van der Waals surface area contributed by atoms with Gasteiger partial charge in [-0.2, -0.15) is 0 Å². The highest BCUT2D eigenvalue weighted by molar-refractivity contribution is 6.42. The van der Waals surface area contributed by atoms with Crippen LogP contribution in [-0.4, -0.2) is 24.6 Å². The van der Waals surface area contributed by atoms with Crippen molar-refractivity contribution < 1.29 is 19.1 Å². The van der Waals surface area contributed by atoms with Crippen LogP contribution in [0.4, 0.5) is 0 Å². The first-order valence-corrected chi connectivity index (χ1v) is 5.96. The molecule has 100 valence electrons. The molecular formula is C16H12O4. The van der Waals surface area contributed by atoms with Crippen LogP contribution in [0.2, 0.25) is 0 Å². The smallest absolute Gasteiger partial charge is 0.379 e. The fraction of sp³-hybridized carbons (Fsp3) is 0.0625. The second kappa shape index (κ2) is 5.93. The topological polar surface area (TPSA) is 60.4 Å². The molecule has 0 unspecified atom stereocenters. The van der Waals surface area contributed by atoms with Gasteiger partial charge in [0.25, 0.3) is 5.78 Å². The Balaban J connectivity index is 2.46. The molecule has 20 heavy (non-hydrogen) atoms. The Hall–Kier alpha value is -2.75. The van der Waals surface area contributed by atoms with E-state index in [9.17, 15) is 14.4 Å². The van der Waals surface area contributed by atoms with Crippen LogP contribution in [-0.2, 0) is 9.53 Å². The van der Waals surface area contributed by atoms with Gasteiger partial charge in [-0.15, -0.1) is 0 Å². The number of ketones is 2. The third-order valence-corrected chi connectivity index (χ3v) is 2.82. The summed E-state index contributed by atoms with van der Waals surface area (Å²) in [6.45, 7) is 0. The molecule has 0 saturated heterocycles. The van der Waals surface area contributed by atoms with E-state index in [4.69, 9.17) is 0 Å². The number of methoxy groups -OCH3 is 1. The number of hydrogen-bond donors (Lipinski definition) is 0. The summed E-state index contributed by atoms with van der Waals surface area (Å²) in [7, 11) is 1.13. The third kappa shape index (κ3) is 2.64. The second-order valence-electron chi connectivity index (χ2n) is 4.06. The average molecular weight is 268 g/mol. The number of ether oxygens (including phenoxy) is 1. The first kappa shape index (κ1) is 13.7. The molecule has 2 aromatic rings. The highest BCUT2D eigenvalue weighted by Gasteiger charge is 2.23. The van der Waals surface area contributed by atoms with Gasteiger partial charge in [0.15, 0.2) is 5.78 Å². The number of benzene rings is 2. The maximum absolute atomic E-state index is 12.4. The summed E-state index contributed by atoms with van der Waals surface area (Å²) >= 11 is 0. The number of carbonyl (C=O) groups is 3. The average Bonchev–Trinajstić information content (AvgIpc) is 2.53. The molecule has 0 atom stereocenters. The molecule has 0 spiro atoms. The van der Waals surface area contributed by atoms with E-state index in [1.165, 1.54) is 12.1 Å². The predicted octanol–water partition coefficient (Wildman–Crippen LogP) is 2.27. The molecule has 0 amide bonds. The zero-order valence-corrected chi connectivity index (χ0v) is 10.8. The molecule has 0 N–H and O–H groups in total. The Kier molecular flexibility index (Phi) is 4.05. The SMILES string of the molecule is COC(=O)C(=O)c1ccccc1C(=O)c1ccccc1. The maximum atomic E-state index is 12.4. The summed E-state index contributed by atoms with van der Waals surface area (Å²) in [5.74, 6) is -2.12. The largest absolute Gasteiger partial charge is 0.463 e.